The summed E-state index contributed by atoms with van der Waals surface area (Å²) >= 11 is 0. The highest BCUT2D eigenvalue weighted by Crippen LogP contribution is 2.32. The van der Waals surface area contributed by atoms with E-state index < -0.39 is 0 Å². The lowest BCUT2D eigenvalue weighted by molar-refractivity contribution is -0.142. The van der Waals surface area contributed by atoms with Gasteiger partial charge in [0.1, 0.15) is 0 Å². The summed E-state index contributed by atoms with van der Waals surface area (Å²) in [5, 5.41) is 0. The second kappa shape index (κ2) is 8.05. The van der Waals surface area contributed by atoms with Crippen molar-refractivity contribution in [3.63, 3.8) is 0 Å². The summed E-state index contributed by atoms with van der Waals surface area (Å²) in [5.74, 6) is 0.356. The van der Waals surface area contributed by atoms with E-state index in [0.717, 1.165) is 51.7 Å². The van der Waals surface area contributed by atoms with Crippen molar-refractivity contribution in [3.8, 4) is 0 Å². The summed E-state index contributed by atoms with van der Waals surface area (Å²) in [6.07, 6.45) is 5.53. The Morgan fingerprint density at radius 3 is 2.27 bits per heavy atom. The highest BCUT2D eigenvalue weighted by molar-refractivity contribution is 5.83. The van der Waals surface area contributed by atoms with Gasteiger partial charge in [-0.15, -0.1) is 0 Å². The van der Waals surface area contributed by atoms with Crippen LogP contribution < -0.4 is 0 Å². The van der Waals surface area contributed by atoms with Crippen LogP contribution in [0.25, 0.3) is 0 Å². The zero-order valence-corrected chi connectivity index (χ0v) is 15.4. The number of amides is 1. The zero-order chi connectivity index (χ0) is 17.8. The first-order chi connectivity index (χ1) is 12.8. The molecule has 4 rings (SSSR count). The number of fused-ring (bicyclic) bond motifs is 2. The van der Waals surface area contributed by atoms with Crippen molar-refractivity contribution in [2.45, 2.75) is 50.7 Å². The molecule has 136 valence electrons. The van der Waals surface area contributed by atoms with Crippen molar-refractivity contribution < 1.29 is 4.79 Å². The van der Waals surface area contributed by atoms with Crippen LogP contribution in [0.15, 0.2) is 60.7 Å². The largest absolute Gasteiger partial charge is 0.340 e. The summed E-state index contributed by atoms with van der Waals surface area (Å²) in [6.45, 7) is 2.73. The number of aryl methyl sites for hydroxylation is 1. The van der Waals surface area contributed by atoms with Gasteiger partial charge in [0.15, 0.2) is 0 Å². The minimum absolute atomic E-state index is 0.100. The van der Waals surface area contributed by atoms with Crippen LogP contribution in [0.4, 0.5) is 0 Å². The molecule has 2 saturated heterocycles. The highest BCUT2D eigenvalue weighted by atomic mass is 16.2. The first kappa shape index (κ1) is 17.3. The van der Waals surface area contributed by atoms with E-state index in [4.69, 9.17) is 0 Å². The molecule has 0 saturated carbocycles. The number of carbonyl (C=O) groups excluding carboxylic acids is 1. The number of benzene rings is 2. The number of piperazine rings is 1. The van der Waals surface area contributed by atoms with Crippen LogP contribution in [0.5, 0.6) is 0 Å². The summed E-state index contributed by atoms with van der Waals surface area (Å²) in [4.78, 5) is 17.5. The summed E-state index contributed by atoms with van der Waals surface area (Å²) in [7, 11) is 0. The van der Waals surface area contributed by atoms with Crippen LogP contribution in [-0.4, -0.2) is 40.9 Å². The molecule has 2 aromatic rings. The smallest absolute Gasteiger partial charge is 0.240 e. The fraction of sp³-hybridized carbons (Fsp3) is 0.435. The number of nitrogens with zero attached hydrogens (tertiary/aromatic N) is 2. The number of likely N-dealkylation sites (tertiary alicyclic amines) is 1. The van der Waals surface area contributed by atoms with E-state index in [1.54, 1.807) is 0 Å². The van der Waals surface area contributed by atoms with Crippen LogP contribution in [0.1, 0.15) is 36.8 Å². The van der Waals surface area contributed by atoms with E-state index in [2.05, 4.69) is 70.5 Å². The summed E-state index contributed by atoms with van der Waals surface area (Å²) in [5.41, 5.74) is 2.71. The van der Waals surface area contributed by atoms with Crippen LogP contribution in [0, 0.1) is 0 Å². The number of unbranched alkanes of at least 4 members (excludes halogenated alkanes) is 1. The van der Waals surface area contributed by atoms with Crippen molar-refractivity contribution in [2.24, 2.45) is 0 Å². The Balaban J connectivity index is 1.29. The molecule has 2 heterocycles. The third kappa shape index (κ3) is 3.83. The molecule has 2 unspecified atom stereocenters. The van der Waals surface area contributed by atoms with Gasteiger partial charge < -0.3 is 4.90 Å². The molecule has 0 spiro atoms. The van der Waals surface area contributed by atoms with Gasteiger partial charge in [0.05, 0.1) is 6.04 Å². The molecular formula is C23H28N2O. The number of hydrogen-bond donors (Lipinski definition) is 0. The monoisotopic (exact) mass is 348 g/mol. The van der Waals surface area contributed by atoms with Gasteiger partial charge in [0, 0.05) is 25.7 Å². The lowest BCUT2D eigenvalue weighted by Gasteiger charge is -2.40. The Bertz CT molecular complexity index is 716. The van der Waals surface area contributed by atoms with Crippen molar-refractivity contribution in [1.29, 1.82) is 0 Å². The van der Waals surface area contributed by atoms with Crippen molar-refractivity contribution in [2.75, 3.05) is 13.1 Å². The average Bonchev–Trinajstić information content (AvgIpc) is 2.99. The zero-order valence-electron chi connectivity index (χ0n) is 15.4. The number of hydrogen-bond acceptors (Lipinski definition) is 2. The van der Waals surface area contributed by atoms with Crippen molar-refractivity contribution in [3.05, 3.63) is 71.8 Å². The maximum Gasteiger partial charge on any atom is 0.240 e. The van der Waals surface area contributed by atoms with Gasteiger partial charge in [-0.2, -0.15) is 0 Å². The molecule has 3 heteroatoms. The third-order valence-corrected chi connectivity index (χ3v) is 5.86. The molecule has 1 amide bonds. The lowest BCUT2D eigenvalue weighted by Crippen LogP contribution is -2.56. The normalized spacial score (nSPS) is 22.8. The van der Waals surface area contributed by atoms with Gasteiger partial charge in [0.2, 0.25) is 5.91 Å². The first-order valence-electron chi connectivity index (χ1n) is 9.93. The maximum atomic E-state index is 12.9. The SMILES string of the molecule is O=C1C2CCC(CN1CCCCc1ccccc1)N2Cc1ccccc1. The molecule has 2 fully saturated rings. The van der Waals surface area contributed by atoms with Gasteiger partial charge in [-0.05, 0) is 43.2 Å². The fourth-order valence-corrected chi connectivity index (χ4v) is 4.46. The number of rotatable bonds is 7. The minimum atomic E-state index is 0.100. The van der Waals surface area contributed by atoms with Gasteiger partial charge >= 0.3 is 0 Å². The standard InChI is InChI=1S/C23H28N2O/c26-23-22-15-14-21(25(22)17-20-12-5-2-6-13-20)18-24(23)16-8-7-11-19-9-3-1-4-10-19/h1-6,9-10,12-13,21-22H,7-8,11,14-18H2. The van der Waals surface area contributed by atoms with E-state index in [9.17, 15) is 4.79 Å². The predicted octanol–water partition coefficient (Wildman–Crippen LogP) is 3.88. The van der Waals surface area contributed by atoms with Crippen molar-refractivity contribution >= 4 is 5.91 Å². The first-order valence-corrected chi connectivity index (χ1v) is 9.93. The minimum Gasteiger partial charge on any atom is -0.340 e. The van der Waals surface area contributed by atoms with E-state index in [-0.39, 0.29) is 6.04 Å². The molecule has 0 aromatic heterocycles. The third-order valence-electron chi connectivity index (χ3n) is 5.86. The molecule has 2 aliphatic rings. The second-order valence-corrected chi connectivity index (χ2v) is 7.63. The molecule has 0 N–H and O–H groups in total. The van der Waals surface area contributed by atoms with E-state index in [1.807, 2.05) is 0 Å². The molecule has 0 radical (unpaired) electrons. The van der Waals surface area contributed by atoms with Crippen LogP contribution >= 0.6 is 0 Å². The summed E-state index contributed by atoms with van der Waals surface area (Å²) < 4.78 is 0. The maximum absolute atomic E-state index is 12.9. The molecular weight excluding hydrogens is 320 g/mol. The van der Waals surface area contributed by atoms with Gasteiger partial charge in [-0.3, -0.25) is 9.69 Å². The van der Waals surface area contributed by atoms with Gasteiger partial charge in [-0.1, -0.05) is 60.7 Å². The topological polar surface area (TPSA) is 23.6 Å². The Morgan fingerprint density at radius 2 is 1.54 bits per heavy atom. The second-order valence-electron chi connectivity index (χ2n) is 7.63. The van der Waals surface area contributed by atoms with E-state index in [1.165, 1.54) is 11.1 Å². The van der Waals surface area contributed by atoms with Crippen molar-refractivity contribution in [1.82, 2.24) is 9.80 Å². The molecule has 2 aromatic carbocycles. The number of carbonyl (C=O) groups is 1. The van der Waals surface area contributed by atoms with Gasteiger partial charge in [0.25, 0.3) is 0 Å². The lowest BCUT2D eigenvalue weighted by atomic mass is 10.1. The van der Waals surface area contributed by atoms with Gasteiger partial charge in [-0.25, -0.2) is 0 Å². The molecule has 2 aliphatic heterocycles. The Kier molecular flexibility index (Phi) is 5.35. The van der Waals surface area contributed by atoms with Crippen LogP contribution in [0.3, 0.4) is 0 Å². The Hall–Kier alpha value is -2.13. The highest BCUT2D eigenvalue weighted by Gasteiger charge is 2.44. The van der Waals surface area contributed by atoms with E-state index >= 15 is 0 Å². The summed E-state index contributed by atoms with van der Waals surface area (Å²) in [6, 6.07) is 21.8. The average molecular weight is 348 g/mol. The molecule has 26 heavy (non-hydrogen) atoms. The fourth-order valence-electron chi connectivity index (χ4n) is 4.46. The molecule has 2 bridgehead atoms. The molecule has 2 atom stereocenters. The van der Waals surface area contributed by atoms with E-state index in [0.29, 0.717) is 11.9 Å². The predicted molar refractivity (Wildman–Crippen MR) is 105 cm³/mol. The quantitative estimate of drug-likeness (QED) is 0.709. The van der Waals surface area contributed by atoms with Crippen LogP contribution in [-0.2, 0) is 17.8 Å². The molecule has 0 aliphatic carbocycles. The van der Waals surface area contributed by atoms with Crippen LogP contribution in [0.2, 0.25) is 0 Å². The Labute approximate surface area is 156 Å². The molecule has 3 nitrogen and oxygen atoms in total. The Morgan fingerprint density at radius 1 is 0.846 bits per heavy atom.